The molecule has 4 rings (SSSR count). The molecule has 0 atom stereocenters. The molecule has 0 spiro atoms. The molecule has 0 bridgehead atoms. The predicted octanol–water partition coefficient (Wildman–Crippen LogP) is 5.01. The average molecular weight is 387 g/mol. The topological polar surface area (TPSA) is 46.6 Å². The summed E-state index contributed by atoms with van der Waals surface area (Å²) in [6.07, 6.45) is 1.37. The van der Waals surface area contributed by atoms with Crippen molar-refractivity contribution in [1.82, 2.24) is 0 Å². The Hall–Kier alpha value is -3.31. The Morgan fingerprint density at radius 2 is 1.54 bits per heavy atom. The predicted molar refractivity (Wildman–Crippen MR) is 110 cm³/mol. The van der Waals surface area contributed by atoms with Crippen LogP contribution in [0.2, 0.25) is 0 Å². The molecule has 3 aromatic rings. The summed E-state index contributed by atoms with van der Waals surface area (Å²) in [5.74, 6) is -0.662. The Labute approximate surface area is 167 Å². The third-order valence-corrected chi connectivity index (χ3v) is 5.48. The largest absolute Gasteiger partial charge is 0.466 e. The summed E-state index contributed by atoms with van der Waals surface area (Å²) in [5.41, 5.74) is 2.54. The molecule has 5 heteroatoms. The maximum absolute atomic E-state index is 13.2. The summed E-state index contributed by atoms with van der Waals surface area (Å²) in [7, 11) is 1.33. The zero-order chi connectivity index (χ0) is 19.5. The SMILES string of the molecule is COC(=O)/C=C1\c2ccccc2C(=O)N1c1ccccc1Sc1ccccc1. The fourth-order valence-electron chi connectivity index (χ4n) is 3.14. The van der Waals surface area contributed by atoms with E-state index in [1.807, 2.05) is 72.8 Å². The lowest BCUT2D eigenvalue weighted by atomic mass is 10.1. The van der Waals surface area contributed by atoms with Gasteiger partial charge < -0.3 is 4.74 Å². The van der Waals surface area contributed by atoms with Crippen LogP contribution in [0.25, 0.3) is 5.70 Å². The van der Waals surface area contributed by atoms with Gasteiger partial charge in [-0.2, -0.15) is 0 Å². The maximum atomic E-state index is 13.2. The number of carbonyl (C=O) groups excluding carboxylic acids is 2. The lowest BCUT2D eigenvalue weighted by Gasteiger charge is -2.21. The second-order valence-corrected chi connectivity index (χ2v) is 7.24. The lowest BCUT2D eigenvalue weighted by Crippen LogP contribution is -2.23. The van der Waals surface area contributed by atoms with Crippen LogP contribution in [0, 0.1) is 0 Å². The Morgan fingerprint density at radius 3 is 2.29 bits per heavy atom. The van der Waals surface area contributed by atoms with E-state index in [9.17, 15) is 9.59 Å². The molecule has 1 amide bonds. The molecule has 0 saturated carbocycles. The number of hydrogen-bond donors (Lipinski definition) is 0. The molecular formula is C23H17NO3S. The van der Waals surface area contributed by atoms with Crippen molar-refractivity contribution in [2.24, 2.45) is 0 Å². The number of ether oxygens (including phenoxy) is 1. The molecule has 4 nitrogen and oxygen atoms in total. The highest BCUT2D eigenvalue weighted by Crippen LogP contribution is 2.42. The van der Waals surface area contributed by atoms with Gasteiger partial charge >= 0.3 is 5.97 Å². The van der Waals surface area contributed by atoms with E-state index in [-0.39, 0.29) is 5.91 Å². The van der Waals surface area contributed by atoms with Gasteiger partial charge in [-0.1, -0.05) is 60.3 Å². The number of rotatable bonds is 4. The van der Waals surface area contributed by atoms with Crippen LogP contribution in [0.15, 0.2) is 94.7 Å². The van der Waals surface area contributed by atoms with Crippen molar-refractivity contribution in [3.63, 3.8) is 0 Å². The quantitative estimate of drug-likeness (QED) is 0.466. The van der Waals surface area contributed by atoms with E-state index in [2.05, 4.69) is 0 Å². The third kappa shape index (κ3) is 3.32. The molecule has 0 N–H and O–H groups in total. The minimum absolute atomic E-state index is 0.160. The first-order chi connectivity index (χ1) is 13.7. The fraction of sp³-hybridized carbons (Fsp3) is 0.0435. The molecule has 0 aromatic heterocycles. The van der Waals surface area contributed by atoms with E-state index in [1.54, 1.807) is 22.7 Å². The number of hydrogen-bond acceptors (Lipinski definition) is 4. The zero-order valence-corrected chi connectivity index (χ0v) is 16.0. The highest BCUT2D eigenvalue weighted by Gasteiger charge is 2.35. The number of carbonyl (C=O) groups is 2. The summed E-state index contributed by atoms with van der Waals surface area (Å²) in [4.78, 5) is 28.8. The van der Waals surface area contributed by atoms with Gasteiger partial charge in [-0.05, 0) is 30.3 Å². The second-order valence-electron chi connectivity index (χ2n) is 6.12. The van der Waals surface area contributed by atoms with E-state index >= 15 is 0 Å². The minimum Gasteiger partial charge on any atom is -0.466 e. The van der Waals surface area contributed by atoms with Crippen molar-refractivity contribution < 1.29 is 14.3 Å². The van der Waals surface area contributed by atoms with Crippen molar-refractivity contribution in [1.29, 1.82) is 0 Å². The second kappa shape index (κ2) is 7.74. The number of benzene rings is 3. The van der Waals surface area contributed by atoms with Crippen LogP contribution in [-0.4, -0.2) is 19.0 Å². The molecular weight excluding hydrogens is 370 g/mol. The molecule has 1 aliphatic rings. The number of methoxy groups -OCH3 is 1. The minimum atomic E-state index is -0.502. The molecule has 0 unspecified atom stereocenters. The van der Waals surface area contributed by atoms with Gasteiger partial charge in [-0.25, -0.2) is 4.79 Å². The normalized spacial score (nSPS) is 14.2. The summed E-state index contributed by atoms with van der Waals surface area (Å²) >= 11 is 1.57. The monoisotopic (exact) mass is 387 g/mol. The number of fused-ring (bicyclic) bond motifs is 1. The van der Waals surface area contributed by atoms with E-state index < -0.39 is 5.97 Å². The molecule has 1 heterocycles. The van der Waals surface area contributed by atoms with E-state index in [0.717, 1.165) is 21.0 Å². The highest BCUT2D eigenvalue weighted by molar-refractivity contribution is 7.99. The Balaban J connectivity index is 1.83. The van der Waals surface area contributed by atoms with Crippen LogP contribution >= 0.6 is 11.8 Å². The Morgan fingerprint density at radius 1 is 0.893 bits per heavy atom. The molecule has 0 radical (unpaired) electrons. The zero-order valence-electron chi connectivity index (χ0n) is 15.2. The van der Waals surface area contributed by atoms with Gasteiger partial charge in [0, 0.05) is 27.0 Å². The molecule has 0 fully saturated rings. The molecule has 0 aliphatic carbocycles. The van der Waals surface area contributed by atoms with Crippen LogP contribution < -0.4 is 4.90 Å². The number of amides is 1. The van der Waals surface area contributed by atoms with Gasteiger partial charge in [-0.3, -0.25) is 9.69 Å². The lowest BCUT2D eigenvalue weighted by molar-refractivity contribution is -0.134. The summed E-state index contributed by atoms with van der Waals surface area (Å²) < 4.78 is 4.81. The first-order valence-electron chi connectivity index (χ1n) is 8.74. The molecule has 1 aliphatic heterocycles. The maximum Gasteiger partial charge on any atom is 0.332 e. The van der Waals surface area contributed by atoms with Crippen LogP contribution in [0.1, 0.15) is 15.9 Å². The average Bonchev–Trinajstić information content (AvgIpc) is 3.01. The third-order valence-electron chi connectivity index (χ3n) is 4.41. The van der Waals surface area contributed by atoms with Crippen molar-refractivity contribution in [2.45, 2.75) is 9.79 Å². The van der Waals surface area contributed by atoms with Crippen molar-refractivity contribution >= 4 is 35.0 Å². The fourth-order valence-corrected chi connectivity index (χ4v) is 4.10. The molecule has 138 valence electrons. The molecule has 28 heavy (non-hydrogen) atoms. The van der Waals surface area contributed by atoms with Gasteiger partial charge in [0.15, 0.2) is 0 Å². The van der Waals surface area contributed by atoms with E-state index in [0.29, 0.717) is 11.3 Å². The van der Waals surface area contributed by atoms with E-state index in [1.165, 1.54) is 13.2 Å². The van der Waals surface area contributed by atoms with Gasteiger partial charge in [-0.15, -0.1) is 0 Å². The summed E-state index contributed by atoms with van der Waals surface area (Å²) in [6, 6.07) is 24.9. The Kier molecular flexibility index (Phi) is 5.00. The van der Waals surface area contributed by atoms with Crippen molar-refractivity contribution in [3.05, 3.63) is 96.1 Å². The highest BCUT2D eigenvalue weighted by atomic mass is 32.2. The smallest absolute Gasteiger partial charge is 0.332 e. The van der Waals surface area contributed by atoms with Crippen LogP contribution in [0.3, 0.4) is 0 Å². The molecule has 0 saturated heterocycles. The van der Waals surface area contributed by atoms with E-state index in [4.69, 9.17) is 4.74 Å². The van der Waals surface area contributed by atoms with Gasteiger partial charge in [0.25, 0.3) is 5.91 Å². The molecule has 3 aromatic carbocycles. The van der Waals surface area contributed by atoms with Gasteiger partial charge in [0.1, 0.15) is 0 Å². The number of anilines is 1. The van der Waals surface area contributed by atoms with Crippen LogP contribution in [0.4, 0.5) is 5.69 Å². The summed E-state index contributed by atoms with van der Waals surface area (Å²) in [5, 5.41) is 0. The number of esters is 1. The number of nitrogens with zero attached hydrogens (tertiary/aromatic N) is 1. The standard InChI is InChI=1S/C23H17NO3S/c1-27-22(25)15-20-17-11-5-6-12-18(17)23(26)24(20)19-13-7-8-14-21(19)28-16-9-3-2-4-10-16/h2-15H,1H3/b20-15+. The first-order valence-corrected chi connectivity index (χ1v) is 9.56. The summed E-state index contributed by atoms with van der Waals surface area (Å²) in [6.45, 7) is 0. The Bertz CT molecular complexity index is 1080. The van der Waals surface area contributed by atoms with Crippen LogP contribution in [0.5, 0.6) is 0 Å². The van der Waals surface area contributed by atoms with Crippen molar-refractivity contribution in [3.8, 4) is 0 Å². The van der Waals surface area contributed by atoms with Crippen molar-refractivity contribution in [2.75, 3.05) is 12.0 Å². The van der Waals surface area contributed by atoms with Gasteiger partial charge in [0.2, 0.25) is 0 Å². The first kappa shape index (κ1) is 18.1. The van der Waals surface area contributed by atoms with Crippen LogP contribution in [-0.2, 0) is 9.53 Å². The number of para-hydroxylation sites is 1. The van der Waals surface area contributed by atoms with Gasteiger partial charge in [0.05, 0.1) is 18.5 Å².